The summed E-state index contributed by atoms with van der Waals surface area (Å²) < 4.78 is 1.80. The molecule has 1 atom stereocenters. The molecule has 0 saturated carbocycles. The molecule has 3 aromatic rings. The van der Waals surface area contributed by atoms with E-state index in [1.807, 2.05) is 36.5 Å². The zero-order chi connectivity index (χ0) is 15.6. The van der Waals surface area contributed by atoms with Gasteiger partial charge in [-0.2, -0.15) is 9.90 Å². The number of amides is 1. The van der Waals surface area contributed by atoms with Crippen LogP contribution in [-0.4, -0.2) is 53.9 Å². The first-order chi connectivity index (χ1) is 11.3. The minimum atomic E-state index is -0.102. The number of nitrogens with zero attached hydrogens (tertiary/aromatic N) is 7. The maximum Gasteiger partial charge on any atom is 0.276 e. The molecule has 0 radical (unpaired) electrons. The highest BCUT2D eigenvalue weighted by atomic mass is 16.2. The van der Waals surface area contributed by atoms with Gasteiger partial charge in [-0.25, -0.2) is 4.68 Å². The number of benzene rings is 1. The van der Waals surface area contributed by atoms with Gasteiger partial charge in [-0.15, -0.1) is 10.2 Å². The van der Waals surface area contributed by atoms with Crippen LogP contribution in [0.4, 0.5) is 0 Å². The van der Waals surface area contributed by atoms with Gasteiger partial charge in [-0.1, -0.05) is 23.4 Å². The third-order valence-electron chi connectivity index (χ3n) is 3.96. The highest BCUT2D eigenvalue weighted by Gasteiger charge is 2.29. The van der Waals surface area contributed by atoms with Crippen molar-refractivity contribution in [3.05, 3.63) is 54.6 Å². The number of para-hydroxylation sites is 1. The zero-order valence-electron chi connectivity index (χ0n) is 12.4. The van der Waals surface area contributed by atoms with E-state index >= 15 is 0 Å². The van der Waals surface area contributed by atoms with Crippen LogP contribution in [-0.2, 0) is 0 Å². The van der Waals surface area contributed by atoms with Crippen molar-refractivity contribution in [2.45, 2.75) is 12.5 Å². The van der Waals surface area contributed by atoms with E-state index < -0.39 is 0 Å². The van der Waals surface area contributed by atoms with Crippen LogP contribution in [0, 0.1) is 0 Å². The Morgan fingerprint density at radius 3 is 2.87 bits per heavy atom. The minimum Gasteiger partial charge on any atom is -0.335 e. The van der Waals surface area contributed by atoms with E-state index in [4.69, 9.17) is 0 Å². The van der Waals surface area contributed by atoms with E-state index in [2.05, 4.69) is 20.5 Å². The smallest absolute Gasteiger partial charge is 0.276 e. The molecule has 1 amide bonds. The molecule has 23 heavy (non-hydrogen) atoms. The Hall–Kier alpha value is -3.03. The van der Waals surface area contributed by atoms with E-state index in [0.717, 1.165) is 12.1 Å². The molecule has 1 fully saturated rings. The maximum absolute atomic E-state index is 12.6. The molecule has 1 saturated heterocycles. The lowest BCUT2D eigenvalue weighted by molar-refractivity contribution is 0.0780. The van der Waals surface area contributed by atoms with Gasteiger partial charge in [0.05, 0.1) is 24.1 Å². The number of hydrogen-bond acceptors (Lipinski definition) is 5. The largest absolute Gasteiger partial charge is 0.335 e. The van der Waals surface area contributed by atoms with Crippen molar-refractivity contribution in [3.8, 4) is 5.69 Å². The van der Waals surface area contributed by atoms with Gasteiger partial charge < -0.3 is 4.90 Å². The molecule has 0 aliphatic carbocycles. The van der Waals surface area contributed by atoms with Crippen LogP contribution in [0.25, 0.3) is 5.69 Å². The molecule has 0 N–H and O–H groups in total. The lowest BCUT2D eigenvalue weighted by atomic mass is 10.3. The summed E-state index contributed by atoms with van der Waals surface area (Å²) in [5.41, 5.74) is 1.18. The standard InChI is InChI=1S/C15H15N7O/c23-15(20-8-6-13(11-20)21-9-7-16-19-21)14-10-17-22(18-14)12-4-2-1-3-5-12/h1-5,7,9-10,13H,6,8,11H2. The molecule has 8 heteroatoms. The fraction of sp³-hybridized carbons (Fsp3) is 0.267. The third kappa shape index (κ3) is 2.59. The molecular formula is C15H15N7O. The number of hydrogen-bond donors (Lipinski definition) is 0. The van der Waals surface area contributed by atoms with Crippen LogP contribution in [0.5, 0.6) is 0 Å². The Morgan fingerprint density at radius 1 is 1.22 bits per heavy atom. The summed E-state index contributed by atoms with van der Waals surface area (Å²) in [4.78, 5) is 15.8. The van der Waals surface area contributed by atoms with Crippen molar-refractivity contribution in [1.82, 2.24) is 34.9 Å². The minimum absolute atomic E-state index is 0.102. The van der Waals surface area contributed by atoms with Crippen LogP contribution in [0.1, 0.15) is 23.0 Å². The highest BCUT2D eigenvalue weighted by Crippen LogP contribution is 2.21. The first kappa shape index (κ1) is 13.6. The van der Waals surface area contributed by atoms with Gasteiger partial charge in [0.1, 0.15) is 0 Å². The average molecular weight is 309 g/mol. The van der Waals surface area contributed by atoms with Crippen LogP contribution in [0.15, 0.2) is 48.9 Å². The Labute approximate surface area is 132 Å². The zero-order valence-corrected chi connectivity index (χ0v) is 12.4. The lowest BCUT2D eigenvalue weighted by Gasteiger charge is -2.14. The molecule has 2 aromatic heterocycles. The van der Waals surface area contributed by atoms with E-state index in [9.17, 15) is 4.79 Å². The number of carbonyl (C=O) groups is 1. The number of likely N-dealkylation sites (tertiary alicyclic amines) is 1. The summed E-state index contributed by atoms with van der Waals surface area (Å²) in [6, 6.07) is 9.70. The van der Waals surface area contributed by atoms with Gasteiger partial charge in [-0.3, -0.25) is 4.79 Å². The monoisotopic (exact) mass is 309 g/mol. The SMILES string of the molecule is O=C(c1cnn(-c2ccccc2)n1)N1CCC(n2ccnn2)C1. The van der Waals surface area contributed by atoms with Crippen molar-refractivity contribution >= 4 is 5.91 Å². The normalized spacial score (nSPS) is 17.6. The summed E-state index contributed by atoms with van der Waals surface area (Å²) in [6.45, 7) is 1.29. The van der Waals surface area contributed by atoms with Gasteiger partial charge in [0.15, 0.2) is 5.69 Å². The number of aromatic nitrogens is 6. The predicted molar refractivity (Wildman–Crippen MR) is 80.9 cm³/mol. The fourth-order valence-electron chi connectivity index (χ4n) is 2.76. The Balaban J connectivity index is 1.49. The van der Waals surface area contributed by atoms with Gasteiger partial charge in [0.2, 0.25) is 0 Å². The molecule has 1 aromatic carbocycles. The molecule has 116 valence electrons. The first-order valence-corrected chi connectivity index (χ1v) is 7.44. The summed E-state index contributed by atoms with van der Waals surface area (Å²) in [5, 5.41) is 16.3. The van der Waals surface area contributed by atoms with Crippen LogP contribution in [0.2, 0.25) is 0 Å². The molecule has 8 nitrogen and oxygen atoms in total. The van der Waals surface area contributed by atoms with Crippen LogP contribution in [0.3, 0.4) is 0 Å². The van der Waals surface area contributed by atoms with Crippen LogP contribution < -0.4 is 0 Å². The summed E-state index contributed by atoms with van der Waals surface area (Å²) in [5.74, 6) is -0.102. The fourth-order valence-corrected chi connectivity index (χ4v) is 2.76. The van der Waals surface area contributed by atoms with E-state index in [-0.39, 0.29) is 11.9 Å². The first-order valence-electron chi connectivity index (χ1n) is 7.44. The molecular weight excluding hydrogens is 294 g/mol. The van der Waals surface area contributed by atoms with Crippen molar-refractivity contribution in [2.24, 2.45) is 0 Å². The van der Waals surface area contributed by atoms with E-state index in [1.54, 1.807) is 15.8 Å². The molecule has 3 heterocycles. The van der Waals surface area contributed by atoms with Crippen molar-refractivity contribution < 1.29 is 4.79 Å². The average Bonchev–Trinajstić information content (AvgIpc) is 3.35. The summed E-state index contributed by atoms with van der Waals surface area (Å²) in [6.07, 6.45) is 5.85. The van der Waals surface area contributed by atoms with Crippen molar-refractivity contribution in [3.63, 3.8) is 0 Å². The summed E-state index contributed by atoms with van der Waals surface area (Å²) in [7, 11) is 0. The Morgan fingerprint density at radius 2 is 2.09 bits per heavy atom. The summed E-state index contributed by atoms with van der Waals surface area (Å²) >= 11 is 0. The molecule has 0 spiro atoms. The molecule has 0 bridgehead atoms. The van der Waals surface area contributed by atoms with Gasteiger partial charge in [-0.05, 0) is 18.6 Å². The van der Waals surface area contributed by atoms with E-state index in [0.29, 0.717) is 18.8 Å². The lowest BCUT2D eigenvalue weighted by Crippen LogP contribution is -2.29. The Bertz CT molecular complexity index is 796. The maximum atomic E-state index is 12.6. The number of carbonyl (C=O) groups excluding carboxylic acids is 1. The molecule has 1 aliphatic heterocycles. The van der Waals surface area contributed by atoms with Crippen molar-refractivity contribution in [2.75, 3.05) is 13.1 Å². The van der Waals surface area contributed by atoms with Gasteiger partial charge in [0, 0.05) is 19.3 Å². The highest BCUT2D eigenvalue weighted by molar-refractivity contribution is 5.92. The molecule has 1 aliphatic rings. The molecule has 4 rings (SSSR count). The van der Waals surface area contributed by atoms with E-state index in [1.165, 1.54) is 11.0 Å². The van der Waals surface area contributed by atoms with Crippen LogP contribution >= 0.6 is 0 Å². The van der Waals surface area contributed by atoms with Gasteiger partial charge >= 0.3 is 0 Å². The second kappa shape index (κ2) is 5.64. The van der Waals surface area contributed by atoms with Crippen molar-refractivity contribution in [1.29, 1.82) is 0 Å². The predicted octanol–water partition coefficient (Wildman–Crippen LogP) is 0.946. The third-order valence-corrected chi connectivity index (χ3v) is 3.96. The second-order valence-corrected chi connectivity index (χ2v) is 5.43. The second-order valence-electron chi connectivity index (χ2n) is 5.43. The molecule has 1 unspecified atom stereocenters. The Kier molecular flexibility index (Phi) is 3.34. The van der Waals surface area contributed by atoms with Gasteiger partial charge in [0.25, 0.3) is 5.91 Å². The topological polar surface area (TPSA) is 81.7 Å². The number of rotatable bonds is 3. The quantitative estimate of drug-likeness (QED) is 0.719.